The van der Waals surface area contributed by atoms with E-state index >= 15 is 0 Å². The van der Waals surface area contributed by atoms with Crippen molar-refractivity contribution >= 4 is 29.3 Å². The molecule has 1 aromatic rings. The summed E-state index contributed by atoms with van der Waals surface area (Å²) in [4.78, 5) is 28.8. The van der Waals surface area contributed by atoms with Crippen LogP contribution in [0.15, 0.2) is 0 Å². The molecule has 8 nitrogen and oxygen atoms in total. The number of aromatic nitrogens is 1. The van der Waals surface area contributed by atoms with Crippen LogP contribution in [-0.2, 0) is 4.84 Å². The highest BCUT2D eigenvalue weighted by molar-refractivity contribution is 7.15. The van der Waals surface area contributed by atoms with Crippen molar-refractivity contribution in [3.05, 3.63) is 4.88 Å². The number of aromatic carboxylic acids is 1. The highest BCUT2D eigenvalue weighted by Gasteiger charge is 2.22. The second kappa shape index (κ2) is 5.08. The molecule has 9 heteroatoms. The van der Waals surface area contributed by atoms with Crippen LogP contribution >= 0.6 is 11.3 Å². The van der Waals surface area contributed by atoms with Crippen molar-refractivity contribution in [1.82, 2.24) is 4.98 Å². The highest BCUT2D eigenvalue weighted by Crippen LogP contribution is 2.31. The molecule has 1 rings (SSSR count). The van der Waals surface area contributed by atoms with E-state index < -0.39 is 17.7 Å². The molecule has 0 fully saturated rings. The Labute approximate surface area is 106 Å². The van der Waals surface area contributed by atoms with Crippen molar-refractivity contribution in [3.8, 4) is 5.19 Å². The summed E-state index contributed by atoms with van der Waals surface area (Å²) >= 11 is 0.778. The molecule has 0 bridgehead atoms. The lowest BCUT2D eigenvalue weighted by Crippen LogP contribution is -2.22. The molecule has 0 saturated heterocycles. The van der Waals surface area contributed by atoms with Gasteiger partial charge in [0, 0.05) is 0 Å². The number of hydrogen-bond acceptors (Lipinski definition) is 7. The lowest BCUT2D eigenvalue weighted by atomic mass is 10.2. The van der Waals surface area contributed by atoms with Crippen LogP contribution in [0.3, 0.4) is 0 Å². The van der Waals surface area contributed by atoms with Crippen LogP contribution < -0.4 is 10.2 Å². The van der Waals surface area contributed by atoms with E-state index in [1.165, 1.54) is 0 Å². The summed E-state index contributed by atoms with van der Waals surface area (Å²) in [5, 5.41) is 17.3. The standard InChI is InChI=1S/C9H12N2O6S/c1-9(2,3)16-7-10-5(11-17-8(14)15)4(18-7)6(12)13/h11H,1-3H3,(H,12,13)(H,14,15). The van der Waals surface area contributed by atoms with Gasteiger partial charge in [0.05, 0.1) is 0 Å². The van der Waals surface area contributed by atoms with Gasteiger partial charge in [-0.25, -0.2) is 9.59 Å². The number of rotatable bonds is 4. The lowest BCUT2D eigenvalue weighted by molar-refractivity contribution is 0.0699. The van der Waals surface area contributed by atoms with E-state index in [0.717, 1.165) is 11.3 Å². The third-order valence-corrected chi connectivity index (χ3v) is 2.35. The fourth-order valence-corrected chi connectivity index (χ4v) is 1.79. The minimum atomic E-state index is -1.60. The summed E-state index contributed by atoms with van der Waals surface area (Å²) in [5.41, 5.74) is 1.40. The molecule has 0 unspecified atom stereocenters. The monoisotopic (exact) mass is 276 g/mol. The molecule has 0 atom stereocenters. The van der Waals surface area contributed by atoms with Crippen LogP contribution in [0, 0.1) is 0 Å². The van der Waals surface area contributed by atoms with Crippen LogP contribution in [0.25, 0.3) is 0 Å². The zero-order chi connectivity index (χ0) is 13.9. The second-order valence-corrected chi connectivity index (χ2v) is 5.11. The zero-order valence-electron chi connectivity index (χ0n) is 9.88. The number of thiazole rings is 1. The van der Waals surface area contributed by atoms with E-state index in [-0.39, 0.29) is 15.9 Å². The van der Waals surface area contributed by atoms with E-state index in [1.54, 1.807) is 20.8 Å². The normalized spacial score (nSPS) is 10.8. The van der Waals surface area contributed by atoms with Crippen LogP contribution in [0.1, 0.15) is 30.4 Å². The number of anilines is 1. The Morgan fingerprint density at radius 3 is 2.39 bits per heavy atom. The van der Waals surface area contributed by atoms with Gasteiger partial charge in [-0.05, 0) is 20.8 Å². The quantitative estimate of drug-likeness (QED) is 0.715. The molecule has 3 N–H and O–H groups in total. The lowest BCUT2D eigenvalue weighted by Gasteiger charge is -2.18. The summed E-state index contributed by atoms with van der Waals surface area (Å²) in [7, 11) is 0. The largest absolute Gasteiger partial charge is 0.530 e. The Hall–Kier alpha value is -2.03. The Balaban J connectivity index is 2.94. The predicted octanol–water partition coefficient (Wildman–Crippen LogP) is 2.04. The molecule has 100 valence electrons. The maximum atomic E-state index is 10.9. The first-order valence-electron chi connectivity index (χ1n) is 4.78. The molecule has 0 aliphatic rings. The Morgan fingerprint density at radius 2 is 1.94 bits per heavy atom. The second-order valence-electron chi connectivity index (χ2n) is 4.15. The van der Waals surface area contributed by atoms with E-state index in [4.69, 9.17) is 14.9 Å². The van der Waals surface area contributed by atoms with Gasteiger partial charge >= 0.3 is 12.1 Å². The van der Waals surface area contributed by atoms with E-state index in [0.29, 0.717) is 0 Å². The SMILES string of the molecule is CC(C)(C)Oc1nc(NOC(=O)O)c(C(=O)O)s1. The molecule has 0 radical (unpaired) electrons. The summed E-state index contributed by atoms with van der Waals surface area (Å²) in [5.74, 6) is -1.47. The molecule has 18 heavy (non-hydrogen) atoms. The molecule has 0 aromatic carbocycles. The number of carbonyl (C=O) groups is 2. The van der Waals surface area contributed by atoms with Crippen molar-refractivity contribution in [2.24, 2.45) is 0 Å². The van der Waals surface area contributed by atoms with Crippen molar-refractivity contribution < 1.29 is 29.4 Å². The number of nitrogens with one attached hydrogen (secondary N) is 1. The minimum absolute atomic E-state index is 0.108. The minimum Gasteiger partial charge on any atom is -0.477 e. The van der Waals surface area contributed by atoms with Crippen LogP contribution in [0.2, 0.25) is 0 Å². The third kappa shape index (κ3) is 4.09. The summed E-state index contributed by atoms with van der Waals surface area (Å²) in [6.45, 7) is 5.32. The van der Waals surface area contributed by atoms with Gasteiger partial charge in [-0.1, -0.05) is 11.3 Å². The number of nitrogens with zero attached hydrogens (tertiary/aromatic N) is 1. The van der Waals surface area contributed by atoms with Crippen LogP contribution in [0.5, 0.6) is 5.19 Å². The number of carboxylic acid groups (broad SMARTS) is 2. The molecule has 0 amide bonds. The van der Waals surface area contributed by atoms with Gasteiger partial charge in [0.15, 0.2) is 10.7 Å². The molecular weight excluding hydrogens is 264 g/mol. The van der Waals surface area contributed by atoms with Gasteiger partial charge in [0.25, 0.3) is 5.19 Å². The Kier molecular flexibility index (Phi) is 3.96. The molecule has 0 spiro atoms. The average Bonchev–Trinajstić information content (AvgIpc) is 2.55. The fourth-order valence-electron chi connectivity index (χ4n) is 0.912. The van der Waals surface area contributed by atoms with Gasteiger partial charge in [-0.3, -0.25) is 0 Å². The number of ether oxygens (including phenoxy) is 1. The fraction of sp³-hybridized carbons (Fsp3) is 0.444. The summed E-state index contributed by atoms with van der Waals surface area (Å²) < 4.78 is 5.38. The molecule has 1 aromatic heterocycles. The molecular formula is C9H12N2O6S. The van der Waals surface area contributed by atoms with Gasteiger partial charge < -0.3 is 19.8 Å². The van der Waals surface area contributed by atoms with Gasteiger partial charge in [0.1, 0.15) is 5.60 Å². The maximum Gasteiger partial charge on any atom is 0.530 e. The van der Waals surface area contributed by atoms with Gasteiger partial charge in [-0.15, -0.1) is 0 Å². The first kappa shape index (κ1) is 14.0. The predicted molar refractivity (Wildman–Crippen MR) is 62.2 cm³/mol. The first-order chi connectivity index (χ1) is 8.19. The van der Waals surface area contributed by atoms with Crippen molar-refractivity contribution in [1.29, 1.82) is 0 Å². The maximum absolute atomic E-state index is 10.9. The summed E-state index contributed by atoms with van der Waals surface area (Å²) in [6, 6.07) is 0. The zero-order valence-corrected chi connectivity index (χ0v) is 10.7. The smallest absolute Gasteiger partial charge is 0.477 e. The topological polar surface area (TPSA) is 118 Å². The van der Waals surface area contributed by atoms with Gasteiger partial charge in [-0.2, -0.15) is 10.5 Å². The van der Waals surface area contributed by atoms with Crippen LogP contribution in [-0.4, -0.2) is 32.9 Å². The van der Waals surface area contributed by atoms with E-state index in [2.05, 4.69) is 9.82 Å². The molecule has 1 heterocycles. The Morgan fingerprint density at radius 1 is 1.33 bits per heavy atom. The van der Waals surface area contributed by atoms with E-state index in [9.17, 15) is 9.59 Å². The molecule has 0 saturated carbocycles. The van der Waals surface area contributed by atoms with Crippen LogP contribution in [0.4, 0.5) is 10.6 Å². The molecule has 0 aliphatic heterocycles. The van der Waals surface area contributed by atoms with E-state index in [1.807, 2.05) is 5.48 Å². The van der Waals surface area contributed by atoms with Gasteiger partial charge in [0.2, 0.25) is 0 Å². The van der Waals surface area contributed by atoms with Crippen molar-refractivity contribution in [2.75, 3.05) is 5.48 Å². The third-order valence-electron chi connectivity index (χ3n) is 1.43. The highest BCUT2D eigenvalue weighted by atomic mass is 32.1. The molecule has 0 aliphatic carbocycles. The average molecular weight is 276 g/mol. The summed E-state index contributed by atoms with van der Waals surface area (Å²) in [6.07, 6.45) is -1.60. The van der Waals surface area contributed by atoms with Crippen molar-refractivity contribution in [3.63, 3.8) is 0 Å². The van der Waals surface area contributed by atoms with Crippen molar-refractivity contribution in [2.45, 2.75) is 26.4 Å². The first-order valence-corrected chi connectivity index (χ1v) is 5.59. The number of carboxylic acids is 1. The number of hydrogen-bond donors (Lipinski definition) is 3. The Bertz CT molecular complexity index is 464.